The van der Waals surface area contributed by atoms with E-state index in [-0.39, 0.29) is 5.91 Å². The fraction of sp³-hybridized carbons (Fsp3) is 0.533. The summed E-state index contributed by atoms with van der Waals surface area (Å²) in [5.41, 5.74) is 4.61. The van der Waals surface area contributed by atoms with Gasteiger partial charge in [0.15, 0.2) is 0 Å². The maximum absolute atomic E-state index is 12.1. The van der Waals surface area contributed by atoms with Crippen molar-refractivity contribution in [2.75, 3.05) is 0 Å². The highest BCUT2D eigenvalue weighted by Crippen LogP contribution is 2.17. The summed E-state index contributed by atoms with van der Waals surface area (Å²) < 4.78 is 5.93. The molecule has 2 aromatic rings. The maximum atomic E-state index is 12.1. The molecule has 0 aliphatic carbocycles. The second kappa shape index (κ2) is 18.8. The van der Waals surface area contributed by atoms with Crippen LogP contribution < -0.4 is 10.2 Å². The van der Waals surface area contributed by atoms with Crippen molar-refractivity contribution < 1.29 is 9.53 Å². The molecule has 2 rings (SSSR count). The number of para-hydroxylation sites is 1. The van der Waals surface area contributed by atoms with E-state index in [1.807, 2.05) is 54.6 Å². The summed E-state index contributed by atoms with van der Waals surface area (Å²) in [6.07, 6.45) is 19.1. The van der Waals surface area contributed by atoms with Gasteiger partial charge in [-0.1, -0.05) is 126 Å². The van der Waals surface area contributed by atoms with Crippen molar-refractivity contribution in [1.29, 1.82) is 0 Å². The summed E-state index contributed by atoms with van der Waals surface area (Å²) in [7, 11) is 0. The van der Waals surface area contributed by atoms with E-state index in [1.165, 1.54) is 70.6 Å². The quantitative estimate of drug-likeness (QED) is 0.129. The van der Waals surface area contributed by atoms with Gasteiger partial charge in [0.25, 0.3) is 0 Å². The Hall–Kier alpha value is -2.62. The van der Waals surface area contributed by atoms with E-state index >= 15 is 0 Å². The number of hydrogen-bond acceptors (Lipinski definition) is 3. The molecule has 34 heavy (non-hydrogen) atoms. The number of ether oxygens (including phenoxy) is 1. The molecule has 0 unspecified atom stereocenters. The number of carbonyl (C=O) groups excluding carboxylic acids is 1. The van der Waals surface area contributed by atoms with E-state index in [1.54, 1.807) is 6.21 Å². The highest BCUT2D eigenvalue weighted by molar-refractivity contribution is 5.85. The molecule has 0 bridgehead atoms. The summed E-state index contributed by atoms with van der Waals surface area (Å²) in [6.45, 7) is 2.77. The van der Waals surface area contributed by atoms with Crippen LogP contribution in [0.1, 0.15) is 108 Å². The Morgan fingerprint density at radius 2 is 1.32 bits per heavy atom. The first kappa shape index (κ1) is 27.6. The summed E-state index contributed by atoms with van der Waals surface area (Å²) in [5, 5.41) is 4.13. The summed E-state index contributed by atoms with van der Waals surface area (Å²) in [4.78, 5) is 12.1. The largest absolute Gasteiger partial charge is 0.488 e. The van der Waals surface area contributed by atoms with Crippen LogP contribution in [-0.2, 0) is 11.4 Å². The fourth-order valence-electron chi connectivity index (χ4n) is 3.99. The average Bonchev–Trinajstić information content (AvgIpc) is 2.87. The highest BCUT2D eigenvalue weighted by atomic mass is 16.5. The Balaban J connectivity index is 1.51. The number of hydrazone groups is 1. The van der Waals surface area contributed by atoms with Gasteiger partial charge in [0.05, 0.1) is 6.21 Å². The van der Waals surface area contributed by atoms with Crippen molar-refractivity contribution in [2.45, 2.75) is 103 Å². The normalized spacial score (nSPS) is 11.1. The van der Waals surface area contributed by atoms with Gasteiger partial charge < -0.3 is 4.74 Å². The zero-order valence-electron chi connectivity index (χ0n) is 21.1. The molecule has 186 valence electrons. The topological polar surface area (TPSA) is 50.7 Å². The van der Waals surface area contributed by atoms with E-state index in [0.29, 0.717) is 13.0 Å². The monoisotopic (exact) mass is 464 g/mol. The molecule has 1 amide bonds. The highest BCUT2D eigenvalue weighted by Gasteiger charge is 2.03. The SMILES string of the molecule is CCCCCCCCCCCCCCCC(=O)N/N=C\c1ccccc1OCc1ccccc1. The molecule has 4 heteroatoms. The van der Waals surface area contributed by atoms with Gasteiger partial charge in [-0.2, -0.15) is 5.10 Å². The lowest BCUT2D eigenvalue weighted by atomic mass is 10.0. The maximum Gasteiger partial charge on any atom is 0.240 e. The first-order chi connectivity index (χ1) is 16.8. The molecule has 1 N–H and O–H groups in total. The minimum absolute atomic E-state index is 0.0259. The molecule has 0 atom stereocenters. The molecule has 0 saturated heterocycles. The van der Waals surface area contributed by atoms with Crippen molar-refractivity contribution in [1.82, 2.24) is 5.43 Å². The lowest BCUT2D eigenvalue weighted by Gasteiger charge is -2.09. The molecule has 0 spiro atoms. The molecule has 0 aliphatic rings. The molecule has 0 aliphatic heterocycles. The van der Waals surface area contributed by atoms with Crippen LogP contribution in [0.2, 0.25) is 0 Å². The third-order valence-electron chi connectivity index (χ3n) is 6.06. The van der Waals surface area contributed by atoms with Crippen molar-refractivity contribution in [2.24, 2.45) is 5.10 Å². The second-order valence-corrected chi connectivity index (χ2v) is 9.10. The number of carbonyl (C=O) groups is 1. The minimum Gasteiger partial charge on any atom is -0.488 e. The number of hydrogen-bond donors (Lipinski definition) is 1. The Morgan fingerprint density at radius 1 is 0.765 bits per heavy atom. The van der Waals surface area contributed by atoms with Crippen molar-refractivity contribution in [3.8, 4) is 5.75 Å². The lowest BCUT2D eigenvalue weighted by Crippen LogP contribution is -2.17. The molecule has 0 heterocycles. The van der Waals surface area contributed by atoms with E-state index in [0.717, 1.165) is 29.7 Å². The average molecular weight is 465 g/mol. The zero-order valence-corrected chi connectivity index (χ0v) is 21.1. The van der Waals surface area contributed by atoms with Gasteiger partial charge in [-0.15, -0.1) is 0 Å². The van der Waals surface area contributed by atoms with Gasteiger partial charge in [0.2, 0.25) is 5.91 Å². The van der Waals surface area contributed by atoms with Gasteiger partial charge in [0, 0.05) is 12.0 Å². The molecule has 0 fully saturated rings. The number of unbranched alkanes of at least 4 members (excludes halogenated alkanes) is 12. The smallest absolute Gasteiger partial charge is 0.240 e. The zero-order chi connectivity index (χ0) is 24.1. The Morgan fingerprint density at radius 3 is 1.97 bits per heavy atom. The number of benzene rings is 2. The predicted octanol–water partition coefficient (Wildman–Crippen LogP) is 8.20. The van der Waals surface area contributed by atoms with Crippen LogP contribution in [0.25, 0.3) is 0 Å². The second-order valence-electron chi connectivity index (χ2n) is 9.10. The first-order valence-corrected chi connectivity index (χ1v) is 13.4. The van der Waals surface area contributed by atoms with E-state index in [4.69, 9.17) is 4.74 Å². The van der Waals surface area contributed by atoms with Crippen LogP contribution in [0.3, 0.4) is 0 Å². The summed E-state index contributed by atoms with van der Waals surface area (Å²) in [6, 6.07) is 17.8. The molecular formula is C30H44N2O2. The van der Waals surface area contributed by atoms with Gasteiger partial charge in [0.1, 0.15) is 12.4 Å². The van der Waals surface area contributed by atoms with E-state index in [2.05, 4.69) is 17.5 Å². The fourth-order valence-corrected chi connectivity index (χ4v) is 3.99. The van der Waals surface area contributed by atoms with Crippen LogP contribution in [0.15, 0.2) is 59.7 Å². The Labute approximate surface area is 207 Å². The third-order valence-corrected chi connectivity index (χ3v) is 6.06. The van der Waals surface area contributed by atoms with Gasteiger partial charge in [-0.05, 0) is 24.1 Å². The number of nitrogens with zero attached hydrogens (tertiary/aromatic N) is 1. The van der Waals surface area contributed by atoms with Crippen molar-refractivity contribution in [3.05, 3.63) is 65.7 Å². The van der Waals surface area contributed by atoms with Crippen molar-refractivity contribution >= 4 is 12.1 Å². The van der Waals surface area contributed by atoms with Crippen molar-refractivity contribution in [3.63, 3.8) is 0 Å². The Bertz CT molecular complexity index is 804. The van der Waals surface area contributed by atoms with Gasteiger partial charge >= 0.3 is 0 Å². The predicted molar refractivity (Wildman–Crippen MR) is 143 cm³/mol. The first-order valence-electron chi connectivity index (χ1n) is 13.4. The molecule has 0 saturated carbocycles. The Kier molecular flexibility index (Phi) is 15.2. The summed E-state index contributed by atoms with van der Waals surface area (Å²) >= 11 is 0. The van der Waals surface area contributed by atoms with E-state index < -0.39 is 0 Å². The van der Waals surface area contributed by atoms with Gasteiger partial charge in [-0.25, -0.2) is 5.43 Å². The van der Waals surface area contributed by atoms with Crippen LogP contribution >= 0.6 is 0 Å². The number of nitrogens with one attached hydrogen (secondary N) is 1. The van der Waals surface area contributed by atoms with Crippen LogP contribution in [0.5, 0.6) is 5.75 Å². The van der Waals surface area contributed by atoms with Crippen LogP contribution in [0, 0.1) is 0 Å². The molecule has 2 aromatic carbocycles. The van der Waals surface area contributed by atoms with Crippen LogP contribution in [0.4, 0.5) is 0 Å². The van der Waals surface area contributed by atoms with Gasteiger partial charge in [-0.3, -0.25) is 4.79 Å². The standard InChI is InChI=1S/C30H44N2O2/c1-2-3-4-5-6-7-8-9-10-11-12-13-17-24-30(33)32-31-25-28-22-18-19-23-29(28)34-26-27-20-15-14-16-21-27/h14-16,18-23,25H,2-13,17,24,26H2,1H3,(H,32,33)/b31-25-. The van der Waals surface area contributed by atoms with Crippen LogP contribution in [-0.4, -0.2) is 12.1 Å². The minimum atomic E-state index is -0.0259. The third kappa shape index (κ3) is 13.2. The molecule has 0 radical (unpaired) electrons. The number of rotatable bonds is 19. The molecule has 4 nitrogen and oxygen atoms in total. The lowest BCUT2D eigenvalue weighted by molar-refractivity contribution is -0.121. The van der Waals surface area contributed by atoms with E-state index in [9.17, 15) is 4.79 Å². The number of amides is 1. The molecular weight excluding hydrogens is 420 g/mol. The molecule has 0 aromatic heterocycles. The summed E-state index contributed by atoms with van der Waals surface area (Å²) in [5.74, 6) is 0.725.